The number of carbonyl (C=O) groups excluding carboxylic acids is 1. The van der Waals surface area contributed by atoms with E-state index >= 15 is 0 Å². The van der Waals surface area contributed by atoms with Crippen molar-refractivity contribution in [1.29, 1.82) is 0 Å². The van der Waals surface area contributed by atoms with Crippen LogP contribution in [0.2, 0.25) is 10.0 Å². The number of nitrogens with zero attached hydrogens (tertiary/aromatic N) is 1. The van der Waals surface area contributed by atoms with E-state index in [2.05, 4.69) is 10.3 Å². The molecule has 0 fully saturated rings. The van der Waals surface area contributed by atoms with E-state index in [4.69, 9.17) is 33.4 Å². The van der Waals surface area contributed by atoms with Crippen LogP contribution in [0.25, 0.3) is 22.6 Å². The molecule has 0 saturated heterocycles. The average molecular weight is 350 g/mol. The van der Waals surface area contributed by atoms with Crippen molar-refractivity contribution < 1.29 is 9.21 Å². The van der Waals surface area contributed by atoms with Crippen molar-refractivity contribution in [3.8, 4) is 11.5 Å². The number of rotatable bonds is 3. The minimum Gasteiger partial charge on any atom is -0.436 e. The molecule has 1 amide bonds. The Labute approximate surface area is 142 Å². The lowest BCUT2D eigenvalue weighted by atomic mass is 10.2. The topological polar surface area (TPSA) is 81.2 Å². The summed E-state index contributed by atoms with van der Waals surface area (Å²) in [7, 11) is 0. The van der Waals surface area contributed by atoms with Gasteiger partial charge in [-0.3, -0.25) is 4.79 Å². The Morgan fingerprint density at radius 2 is 2.09 bits per heavy atom. The van der Waals surface area contributed by atoms with E-state index in [-0.39, 0.29) is 5.91 Å². The largest absolute Gasteiger partial charge is 0.436 e. The molecule has 1 aromatic heterocycles. The maximum atomic E-state index is 11.6. The van der Waals surface area contributed by atoms with Crippen molar-refractivity contribution in [2.45, 2.75) is 13.0 Å². The quantitative estimate of drug-likeness (QED) is 0.746. The van der Waals surface area contributed by atoms with Gasteiger partial charge in [-0.2, -0.15) is 0 Å². The molecule has 0 aliphatic carbocycles. The highest BCUT2D eigenvalue weighted by molar-refractivity contribution is 6.43. The summed E-state index contributed by atoms with van der Waals surface area (Å²) in [5, 5.41) is 3.52. The second-order valence-electron chi connectivity index (χ2n) is 5.08. The Morgan fingerprint density at radius 3 is 2.83 bits per heavy atom. The van der Waals surface area contributed by atoms with E-state index in [1.54, 1.807) is 43.3 Å². The van der Waals surface area contributed by atoms with Crippen LogP contribution < -0.4 is 11.1 Å². The third-order valence-electron chi connectivity index (χ3n) is 3.25. The maximum absolute atomic E-state index is 11.6. The molecule has 7 heteroatoms. The molecule has 2 aromatic carbocycles. The minimum atomic E-state index is -0.594. The van der Waals surface area contributed by atoms with Gasteiger partial charge in [0.2, 0.25) is 11.8 Å². The lowest BCUT2D eigenvalue weighted by Crippen LogP contribution is -2.32. The van der Waals surface area contributed by atoms with Gasteiger partial charge >= 0.3 is 0 Å². The second-order valence-corrected chi connectivity index (χ2v) is 5.87. The highest BCUT2D eigenvalue weighted by atomic mass is 35.5. The number of hydrogen-bond acceptors (Lipinski definition) is 4. The number of nitrogens with one attached hydrogen (secondary N) is 1. The van der Waals surface area contributed by atoms with Crippen molar-refractivity contribution in [2.75, 3.05) is 5.32 Å². The van der Waals surface area contributed by atoms with Gasteiger partial charge in [0.05, 0.1) is 21.7 Å². The van der Waals surface area contributed by atoms with Crippen LogP contribution in [-0.2, 0) is 4.79 Å². The van der Waals surface area contributed by atoms with E-state index in [0.29, 0.717) is 38.3 Å². The lowest BCUT2D eigenvalue weighted by Gasteiger charge is -2.06. The van der Waals surface area contributed by atoms with Crippen LogP contribution in [0.15, 0.2) is 40.8 Å². The fourth-order valence-electron chi connectivity index (χ4n) is 2.05. The molecule has 0 bridgehead atoms. The van der Waals surface area contributed by atoms with Gasteiger partial charge in [-0.1, -0.05) is 29.3 Å². The van der Waals surface area contributed by atoms with Gasteiger partial charge in [0.1, 0.15) is 5.52 Å². The molecule has 0 saturated carbocycles. The zero-order chi connectivity index (χ0) is 16.6. The minimum absolute atomic E-state index is 0.272. The SMILES string of the molecule is CC(N)C(=O)Nc1ccc2oc(-c3cccc(Cl)c3Cl)nc2c1. The standard InChI is InChI=1S/C16H13Cl2N3O2/c1-8(19)15(22)20-9-5-6-13-12(7-9)21-16(23-13)10-3-2-4-11(17)14(10)18/h2-8H,19H2,1H3,(H,20,22). The van der Waals surface area contributed by atoms with Gasteiger partial charge in [0, 0.05) is 5.69 Å². The summed E-state index contributed by atoms with van der Waals surface area (Å²) in [6.45, 7) is 1.61. The van der Waals surface area contributed by atoms with Crippen LogP contribution >= 0.6 is 23.2 Å². The molecule has 0 spiro atoms. The van der Waals surface area contributed by atoms with Crippen molar-refractivity contribution in [3.63, 3.8) is 0 Å². The third-order valence-corrected chi connectivity index (χ3v) is 4.07. The Balaban J connectivity index is 1.99. The molecule has 118 valence electrons. The Morgan fingerprint density at radius 1 is 1.30 bits per heavy atom. The molecule has 3 N–H and O–H groups in total. The van der Waals surface area contributed by atoms with E-state index in [0.717, 1.165) is 0 Å². The van der Waals surface area contributed by atoms with Crippen LogP contribution in [-0.4, -0.2) is 16.9 Å². The Bertz CT molecular complexity index is 890. The predicted octanol–water partition coefficient (Wildman–Crippen LogP) is 4.09. The summed E-state index contributed by atoms with van der Waals surface area (Å²) in [5.41, 5.74) is 7.91. The number of oxazole rings is 1. The van der Waals surface area contributed by atoms with Gasteiger partial charge in [0.15, 0.2) is 5.58 Å². The molecule has 0 aliphatic heterocycles. The fraction of sp³-hybridized carbons (Fsp3) is 0.125. The third kappa shape index (κ3) is 3.17. The number of aromatic nitrogens is 1. The first-order chi connectivity index (χ1) is 11.0. The number of benzene rings is 2. The predicted molar refractivity (Wildman–Crippen MR) is 91.7 cm³/mol. The number of hydrogen-bond donors (Lipinski definition) is 2. The first kappa shape index (κ1) is 15.8. The molecule has 23 heavy (non-hydrogen) atoms. The number of carbonyl (C=O) groups is 1. The Hall–Kier alpha value is -2.08. The highest BCUT2D eigenvalue weighted by Crippen LogP contribution is 2.34. The zero-order valence-corrected chi connectivity index (χ0v) is 13.7. The normalized spacial score (nSPS) is 12.3. The zero-order valence-electron chi connectivity index (χ0n) is 12.1. The molecular weight excluding hydrogens is 337 g/mol. The first-order valence-corrected chi connectivity index (χ1v) is 7.62. The van der Waals surface area contributed by atoms with Crippen molar-refractivity contribution in [3.05, 3.63) is 46.4 Å². The van der Waals surface area contributed by atoms with Crippen LogP contribution in [0.4, 0.5) is 5.69 Å². The van der Waals surface area contributed by atoms with Gasteiger partial charge in [-0.25, -0.2) is 4.98 Å². The van der Waals surface area contributed by atoms with Gasteiger partial charge in [-0.05, 0) is 37.3 Å². The monoisotopic (exact) mass is 349 g/mol. The summed E-state index contributed by atoms with van der Waals surface area (Å²) < 4.78 is 5.71. The van der Waals surface area contributed by atoms with Crippen LogP contribution in [0.1, 0.15) is 6.92 Å². The summed E-state index contributed by atoms with van der Waals surface area (Å²) in [6, 6.07) is 9.80. The number of fused-ring (bicyclic) bond motifs is 1. The maximum Gasteiger partial charge on any atom is 0.240 e. The van der Waals surface area contributed by atoms with Crippen molar-refractivity contribution in [2.24, 2.45) is 5.73 Å². The van der Waals surface area contributed by atoms with E-state index in [9.17, 15) is 4.79 Å². The number of amides is 1. The summed E-state index contributed by atoms with van der Waals surface area (Å²) in [5.74, 6) is 0.0918. The number of nitrogens with two attached hydrogens (primary N) is 1. The molecule has 1 unspecified atom stereocenters. The molecule has 1 atom stereocenters. The van der Waals surface area contributed by atoms with Gasteiger partial charge < -0.3 is 15.5 Å². The number of halogens is 2. The molecule has 3 aromatic rings. The summed E-state index contributed by atoms with van der Waals surface area (Å²) >= 11 is 12.2. The molecule has 5 nitrogen and oxygen atoms in total. The molecule has 1 heterocycles. The average Bonchev–Trinajstić information content (AvgIpc) is 2.92. The summed E-state index contributed by atoms with van der Waals surface area (Å²) in [4.78, 5) is 16.1. The van der Waals surface area contributed by atoms with E-state index in [1.807, 2.05) is 0 Å². The van der Waals surface area contributed by atoms with Gasteiger partial charge in [0.25, 0.3) is 0 Å². The van der Waals surface area contributed by atoms with Crippen LogP contribution in [0, 0.1) is 0 Å². The van der Waals surface area contributed by atoms with E-state index < -0.39 is 6.04 Å². The highest BCUT2D eigenvalue weighted by Gasteiger charge is 2.14. The van der Waals surface area contributed by atoms with Crippen LogP contribution in [0.5, 0.6) is 0 Å². The molecule has 0 radical (unpaired) electrons. The molecular formula is C16H13Cl2N3O2. The Kier molecular flexibility index (Phi) is 4.26. The summed E-state index contributed by atoms with van der Waals surface area (Å²) in [6.07, 6.45) is 0. The van der Waals surface area contributed by atoms with Crippen molar-refractivity contribution >= 4 is 45.9 Å². The molecule has 0 aliphatic rings. The van der Waals surface area contributed by atoms with Crippen molar-refractivity contribution in [1.82, 2.24) is 4.98 Å². The molecule has 3 rings (SSSR count). The second kappa shape index (κ2) is 6.20. The lowest BCUT2D eigenvalue weighted by molar-refractivity contribution is -0.117. The van der Waals surface area contributed by atoms with Gasteiger partial charge in [-0.15, -0.1) is 0 Å². The number of anilines is 1. The smallest absolute Gasteiger partial charge is 0.240 e. The fourth-order valence-corrected chi connectivity index (χ4v) is 2.43. The van der Waals surface area contributed by atoms with E-state index in [1.165, 1.54) is 0 Å². The first-order valence-electron chi connectivity index (χ1n) is 6.87. The van der Waals surface area contributed by atoms with Crippen LogP contribution in [0.3, 0.4) is 0 Å².